The van der Waals surface area contributed by atoms with E-state index < -0.39 is 0 Å². The minimum absolute atomic E-state index is 0.526. The lowest BCUT2D eigenvalue weighted by Gasteiger charge is -2.04. The van der Waals surface area contributed by atoms with Gasteiger partial charge in [-0.2, -0.15) is 5.26 Å². The van der Waals surface area contributed by atoms with E-state index in [0.29, 0.717) is 11.3 Å². The molecule has 0 bridgehead atoms. The molecule has 0 spiro atoms. The summed E-state index contributed by atoms with van der Waals surface area (Å²) >= 11 is 1.65. The molecule has 17 heavy (non-hydrogen) atoms. The Balaban J connectivity index is 2.25. The van der Waals surface area contributed by atoms with E-state index in [0.717, 1.165) is 4.90 Å². The molecule has 0 aliphatic carbocycles. The second kappa shape index (κ2) is 4.94. The number of rotatable bonds is 2. The summed E-state index contributed by atoms with van der Waals surface area (Å²) in [6, 6.07) is 15.9. The van der Waals surface area contributed by atoms with Crippen LogP contribution in [-0.2, 0) is 0 Å². The van der Waals surface area contributed by atoms with Gasteiger partial charge in [0, 0.05) is 9.79 Å². The predicted octanol–water partition coefficient (Wildman–Crippen LogP) is 3.60. The molecule has 2 aromatic rings. The van der Waals surface area contributed by atoms with Crippen molar-refractivity contribution in [1.29, 1.82) is 5.26 Å². The van der Waals surface area contributed by atoms with Crippen molar-refractivity contribution in [3.05, 3.63) is 53.6 Å². The van der Waals surface area contributed by atoms with Crippen molar-refractivity contribution in [2.24, 2.45) is 0 Å². The van der Waals surface area contributed by atoms with E-state index in [1.54, 1.807) is 17.8 Å². The van der Waals surface area contributed by atoms with Crippen molar-refractivity contribution < 1.29 is 0 Å². The molecule has 0 heterocycles. The Labute approximate surface area is 105 Å². The Hall–Kier alpha value is -1.92. The highest BCUT2D eigenvalue weighted by atomic mass is 32.2. The first-order chi connectivity index (χ1) is 8.19. The molecule has 0 saturated heterocycles. The monoisotopic (exact) mass is 240 g/mol. The Morgan fingerprint density at radius 3 is 2.53 bits per heavy atom. The lowest BCUT2D eigenvalue weighted by molar-refractivity contribution is 1.34. The van der Waals surface area contributed by atoms with Crippen LogP contribution in [0.3, 0.4) is 0 Å². The lowest BCUT2D eigenvalue weighted by Crippen LogP contribution is -1.89. The molecule has 0 aromatic heterocycles. The summed E-state index contributed by atoms with van der Waals surface area (Å²) in [4.78, 5) is 2.22. The summed E-state index contributed by atoms with van der Waals surface area (Å²) in [7, 11) is 0. The van der Waals surface area contributed by atoms with Crippen LogP contribution < -0.4 is 5.73 Å². The van der Waals surface area contributed by atoms with Crippen molar-refractivity contribution in [3.8, 4) is 6.07 Å². The average molecular weight is 240 g/mol. The van der Waals surface area contributed by atoms with Crippen LogP contribution >= 0.6 is 11.8 Å². The number of benzene rings is 2. The fraction of sp³-hybridized carbons (Fsp3) is 0.0714. The molecule has 0 amide bonds. The number of nitrogens with zero attached hydrogens (tertiary/aromatic N) is 1. The molecule has 2 rings (SSSR count). The van der Waals surface area contributed by atoms with Gasteiger partial charge >= 0.3 is 0 Å². The van der Waals surface area contributed by atoms with Crippen LogP contribution in [0.4, 0.5) is 5.69 Å². The Bertz CT molecular complexity index is 585. The number of nitrogens with two attached hydrogens (primary N) is 1. The molecule has 0 atom stereocenters. The number of hydrogen-bond acceptors (Lipinski definition) is 3. The minimum atomic E-state index is 0.526. The fourth-order valence-electron chi connectivity index (χ4n) is 1.52. The van der Waals surface area contributed by atoms with E-state index in [2.05, 4.69) is 31.2 Å². The van der Waals surface area contributed by atoms with E-state index in [9.17, 15) is 0 Å². The van der Waals surface area contributed by atoms with Crippen molar-refractivity contribution >= 4 is 17.4 Å². The number of nitriles is 1. The SMILES string of the molecule is Cc1cccc(Sc2ccc(C#N)c(N)c2)c1. The maximum Gasteiger partial charge on any atom is 0.101 e. The van der Waals surface area contributed by atoms with Crippen LogP contribution in [-0.4, -0.2) is 0 Å². The molecule has 0 unspecified atom stereocenters. The first kappa shape index (κ1) is 11.6. The van der Waals surface area contributed by atoms with Crippen LogP contribution in [0.2, 0.25) is 0 Å². The zero-order chi connectivity index (χ0) is 12.3. The fourth-order valence-corrected chi connectivity index (χ4v) is 2.51. The summed E-state index contributed by atoms with van der Waals surface area (Å²) in [5.41, 5.74) is 8.07. The van der Waals surface area contributed by atoms with E-state index in [4.69, 9.17) is 11.0 Å². The Morgan fingerprint density at radius 1 is 1.12 bits per heavy atom. The van der Waals surface area contributed by atoms with Gasteiger partial charge < -0.3 is 5.73 Å². The lowest BCUT2D eigenvalue weighted by atomic mass is 10.2. The number of anilines is 1. The molecule has 2 N–H and O–H groups in total. The molecule has 0 radical (unpaired) electrons. The predicted molar refractivity (Wildman–Crippen MR) is 70.9 cm³/mol. The summed E-state index contributed by atoms with van der Waals surface area (Å²) in [6.45, 7) is 2.07. The van der Waals surface area contributed by atoms with E-state index in [-0.39, 0.29) is 0 Å². The minimum Gasteiger partial charge on any atom is -0.398 e. The number of aryl methyl sites for hydroxylation is 1. The number of nitrogen functional groups attached to an aromatic ring is 1. The van der Waals surface area contributed by atoms with Gasteiger partial charge in [-0.05, 0) is 37.3 Å². The summed E-state index contributed by atoms with van der Waals surface area (Å²) in [5.74, 6) is 0. The van der Waals surface area contributed by atoms with Crippen LogP contribution in [0.15, 0.2) is 52.3 Å². The molecular weight excluding hydrogens is 228 g/mol. The molecule has 0 saturated carbocycles. The van der Waals surface area contributed by atoms with Gasteiger partial charge in [0.05, 0.1) is 11.3 Å². The quantitative estimate of drug-likeness (QED) is 0.816. The highest BCUT2D eigenvalue weighted by molar-refractivity contribution is 7.99. The van der Waals surface area contributed by atoms with E-state index in [1.807, 2.05) is 18.2 Å². The summed E-state index contributed by atoms with van der Waals surface area (Å²) in [5, 5.41) is 8.80. The van der Waals surface area contributed by atoms with Crippen molar-refractivity contribution in [2.75, 3.05) is 5.73 Å². The normalized spacial score (nSPS) is 9.88. The maximum absolute atomic E-state index is 8.80. The highest BCUT2D eigenvalue weighted by Crippen LogP contribution is 2.30. The third-order valence-electron chi connectivity index (χ3n) is 2.37. The van der Waals surface area contributed by atoms with Gasteiger partial charge in [-0.1, -0.05) is 29.5 Å². The zero-order valence-corrected chi connectivity index (χ0v) is 10.3. The van der Waals surface area contributed by atoms with Gasteiger partial charge in [0.1, 0.15) is 6.07 Å². The highest BCUT2D eigenvalue weighted by Gasteiger charge is 2.02. The second-order valence-electron chi connectivity index (χ2n) is 3.78. The largest absolute Gasteiger partial charge is 0.398 e. The first-order valence-corrected chi connectivity index (χ1v) is 6.05. The molecule has 0 fully saturated rings. The molecule has 84 valence electrons. The van der Waals surface area contributed by atoms with Crippen LogP contribution in [0.1, 0.15) is 11.1 Å². The second-order valence-corrected chi connectivity index (χ2v) is 4.93. The van der Waals surface area contributed by atoms with Gasteiger partial charge in [0.25, 0.3) is 0 Å². The van der Waals surface area contributed by atoms with Crippen LogP contribution in [0.25, 0.3) is 0 Å². The maximum atomic E-state index is 8.80. The third-order valence-corrected chi connectivity index (χ3v) is 3.35. The zero-order valence-electron chi connectivity index (χ0n) is 9.47. The van der Waals surface area contributed by atoms with Crippen LogP contribution in [0, 0.1) is 18.3 Å². The molecule has 0 aliphatic rings. The Kier molecular flexibility index (Phi) is 3.36. The molecule has 2 aromatic carbocycles. The average Bonchev–Trinajstić information content (AvgIpc) is 2.29. The van der Waals surface area contributed by atoms with E-state index >= 15 is 0 Å². The molecule has 2 nitrogen and oxygen atoms in total. The topological polar surface area (TPSA) is 49.8 Å². The van der Waals surface area contributed by atoms with Crippen molar-refractivity contribution in [1.82, 2.24) is 0 Å². The summed E-state index contributed by atoms with van der Waals surface area (Å²) < 4.78 is 0. The van der Waals surface area contributed by atoms with Gasteiger partial charge in [-0.15, -0.1) is 0 Å². The van der Waals surface area contributed by atoms with Crippen molar-refractivity contribution in [3.63, 3.8) is 0 Å². The van der Waals surface area contributed by atoms with Gasteiger partial charge in [-0.25, -0.2) is 0 Å². The first-order valence-electron chi connectivity index (χ1n) is 5.23. The van der Waals surface area contributed by atoms with E-state index in [1.165, 1.54) is 10.5 Å². The standard InChI is InChI=1S/C14H12N2S/c1-10-3-2-4-12(7-10)17-13-6-5-11(9-15)14(16)8-13/h2-8H,16H2,1H3. The van der Waals surface area contributed by atoms with Crippen molar-refractivity contribution in [2.45, 2.75) is 16.7 Å². The number of hydrogen-bond donors (Lipinski definition) is 1. The van der Waals surface area contributed by atoms with Gasteiger partial charge in [0.2, 0.25) is 0 Å². The molecular formula is C14H12N2S. The van der Waals surface area contributed by atoms with Gasteiger partial charge in [0.15, 0.2) is 0 Å². The molecule has 3 heteroatoms. The summed E-state index contributed by atoms with van der Waals surface area (Å²) in [6.07, 6.45) is 0. The van der Waals surface area contributed by atoms with Crippen LogP contribution in [0.5, 0.6) is 0 Å². The third kappa shape index (κ3) is 2.80. The smallest absolute Gasteiger partial charge is 0.101 e. The Morgan fingerprint density at radius 2 is 1.88 bits per heavy atom. The van der Waals surface area contributed by atoms with Gasteiger partial charge in [-0.3, -0.25) is 0 Å². The molecule has 0 aliphatic heterocycles.